The first-order valence-corrected chi connectivity index (χ1v) is 10.9. The van der Waals surface area contributed by atoms with Crippen molar-refractivity contribution in [2.75, 3.05) is 0 Å². The number of nitrogens with zero attached hydrogens (tertiary/aromatic N) is 2. The number of para-hydroxylation sites is 1. The number of rotatable bonds is 4. The van der Waals surface area contributed by atoms with Crippen LogP contribution < -0.4 is 5.56 Å². The summed E-state index contributed by atoms with van der Waals surface area (Å²) in [4.78, 5) is 54.6. The van der Waals surface area contributed by atoms with Gasteiger partial charge in [0.15, 0.2) is 0 Å². The summed E-state index contributed by atoms with van der Waals surface area (Å²) in [5, 5.41) is 0.828. The van der Waals surface area contributed by atoms with Crippen molar-refractivity contribution in [1.29, 1.82) is 0 Å². The summed E-state index contributed by atoms with van der Waals surface area (Å²) < 4.78 is 17.7. The second-order valence-corrected chi connectivity index (χ2v) is 8.38. The van der Waals surface area contributed by atoms with E-state index in [1.165, 1.54) is 13.8 Å². The van der Waals surface area contributed by atoms with Gasteiger partial charge in [0, 0.05) is 35.9 Å². The molecule has 0 spiro atoms. The Balaban J connectivity index is 1.78. The van der Waals surface area contributed by atoms with E-state index in [0.29, 0.717) is 22.5 Å². The fourth-order valence-corrected chi connectivity index (χ4v) is 4.85. The van der Waals surface area contributed by atoms with Crippen molar-refractivity contribution in [3.8, 4) is 11.4 Å². The molecule has 1 atom stereocenters. The topological polar surface area (TPSA) is 114 Å². The van der Waals surface area contributed by atoms with Gasteiger partial charge in [0.2, 0.25) is 5.60 Å². The SMILES string of the molecule is CC[C@@]1(OC(C)=O)C(=O)OCc2c1cc1n(c2=O)Cc2c-1nc1ccccc1c2COC(C)=O. The van der Waals surface area contributed by atoms with E-state index in [1.807, 2.05) is 24.3 Å². The molecule has 0 saturated heterocycles. The highest BCUT2D eigenvalue weighted by Crippen LogP contribution is 2.42. The summed E-state index contributed by atoms with van der Waals surface area (Å²) in [5.41, 5.74) is 1.84. The number of carbonyl (C=O) groups excluding carboxylic acids is 3. The lowest BCUT2D eigenvalue weighted by Crippen LogP contribution is -2.47. The van der Waals surface area contributed by atoms with Crippen molar-refractivity contribution in [3.05, 3.63) is 62.9 Å². The molecule has 0 radical (unpaired) electrons. The molecule has 9 nitrogen and oxygen atoms in total. The minimum atomic E-state index is -1.70. The predicted molar refractivity (Wildman–Crippen MR) is 120 cm³/mol. The molecule has 3 aromatic rings. The second kappa shape index (κ2) is 7.79. The van der Waals surface area contributed by atoms with Gasteiger partial charge in [-0.1, -0.05) is 25.1 Å². The van der Waals surface area contributed by atoms with Crippen LogP contribution in [-0.4, -0.2) is 27.5 Å². The van der Waals surface area contributed by atoms with Gasteiger partial charge >= 0.3 is 17.9 Å². The van der Waals surface area contributed by atoms with Crippen LogP contribution >= 0.6 is 0 Å². The van der Waals surface area contributed by atoms with E-state index < -0.39 is 23.5 Å². The Labute approximate surface area is 194 Å². The zero-order chi connectivity index (χ0) is 24.2. The average molecular weight is 462 g/mol. The van der Waals surface area contributed by atoms with Crippen molar-refractivity contribution in [1.82, 2.24) is 9.55 Å². The Morgan fingerprint density at radius 3 is 2.62 bits per heavy atom. The number of hydrogen-bond acceptors (Lipinski definition) is 8. The summed E-state index contributed by atoms with van der Waals surface area (Å²) in [5.74, 6) is -1.77. The van der Waals surface area contributed by atoms with Crippen molar-refractivity contribution in [3.63, 3.8) is 0 Å². The molecule has 0 saturated carbocycles. The highest BCUT2D eigenvalue weighted by molar-refractivity contribution is 5.90. The first kappa shape index (κ1) is 21.8. The van der Waals surface area contributed by atoms with E-state index in [-0.39, 0.29) is 37.3 Å². The van der Waals surface area contributed by atoms with Gasteiger partial charge in [-0.05, 0) is 18.6 Å². The summed E-state index contributed by atoms with van der Waals surface area (Å²) in [6.45, 7) is 4.31. The lowest BCUT2D eigenvalue weighted by molar-refractivity contribution is -0.188. The molecule has 2 aromatic heterocycles. The first-order valence-electron chi connectivity index (χ1n) is 10.9. The number of pyridine rings is 2. The Kier molecular flexibility index (Phi) is 5.00. The third-order valence-corrected chi connectivity index (χ3v) is 6.42. The molecule has 0 N–H and O–H groups in total. The fraction of sp³-hybridized carbons (Fsp3) is 0.320. The van der Waals surface area contributed by atoms with Crippen molar-refractivity contribution >= 4 is 28.8 Å². The summed E-state index contributed by atoms with van der Waals surface area (Å²) in [7, 11) is 0. The normalized spacial score (nSPS) is 18.0. The van der Waals surface area contributed by atoms with Gasteiger partial charge in [-0.3, -0.25) is 14.4 Å². The molecular weight excluding hydrogens is 440 g/mol. The smallest absolute Gasteiger partial charge is 0.355 e. The highest BCUT2D eigenvalue weighted by Gasteiger charge is 2.50. The fourth-order valence-electron chi connectivity index (χ4n) is 4.85. The number of benzene rings is 1. The third-order valence-electron chi connectivity index (χ3n) is 6.42. The molecular formula is C25H22N2O7. The number of aromatic nitrogens is 2. The largest absolute Gasteiger partial charge is 0.461 e. The molecule has 174 valence electrons. The number of fused-ring (bicyclic) bond motifs is 5. The summed E-state index contributed by atoms with van der Waals surface area (Å²) >= 11 is 0. The van der Waals surface area contributed by atoms with Crippen LogP contribution in [0.25, 0.3) is 22.3 Å². The van der Waals surface area contributed by atoms with E-state index >= 15 is 0 Å². The predicted octanol–water partition coefficient (Wildman–Crippen LogP) is 2.71. The van der Waals surface area contributed by atoms with E-state index in [9.17, 15) is 19.2 Å². The standard InChI is InChI=1S/C25H22N2O7/c1-4-25(34-14(3)29)19-9-21-22-16(10-27(21)23(30)18(19)12-33-24(25)31)17(11-32-13(2)28)15-7-5-6-8-20(15)26-22/h5-9H,4,10-12H2,1-3H3/t25-/m0/s1. The molecule has 5 rings (SSSR count). The van der Waals surface area contributed by atoms with Gasteiger partial charge in [0.25, 0.3) is 5.56 Å². The van der Waals surface area contributed by atoms with Crippen LogP contribution in [0.3, 0.4) is 0 Å². The van der Waals surface area contributed by atoms with Crippen molar-refractivity contribution in [2.24, 2.45) is 0 Å². The van der Waals surface area contributed by atoms with Crippen LogP contribution in [0.15, 0.2) is 35.1 Å². The van der Waals surface area contributed by atoms with Crippen molar-refractivity contribution < 1.29 is 28.6 Å². The second-order valence-electron chi connectivity index (χ2n) is 8.38. The Bertz CT molecular complexity index is 1460. The highest BCUT2D eigenvalue weighted by atomic mass is 16.6. The zero-order valence-electron chi connectivity index (χ0n) is 19.0. The van der Waals surface area contributed by atoms with E-state index in [4.69, 9.17) is 19.2 Å². The molecule has 0 fully saturated rings. The molecule has 34 heavy (non-hydrogen) atoms. The maximum absolute atomic E-state index is 13.6. The van der Waals surface area contributed by atoms with Gasteiger partial charge < -0.3 is 18.8 Å². The van der Waals surface area contributed by atoms with Crippen LogP contribution in [0.4, 0.5) is 0 Å². The number of ether oxygens (including phenoxy) is 3. The van der Waals surface area contributed by atoms with E-state index in [2.05, 4.69) is 0 Å². The van der Waals surface area contributed by atoms with Gasteiger partial charge in [-0.15, -0.1) is 0 Å². The zero-order valence-corrected chi connectivity index (χ0v) is 19.0. The minimum Gasteiger partial charge on any atom is -0.461 e. The molecule has 2 aliphatic heterocycles. The molecule has 0 unspecified atom stereocenters. The van der Waals surface area contributed by atoms with Gasteiger partial charge in [0.1, 0.15) is 13.2 Å². The maximum Gasteiger partial charge on any atom is 0.355 e. The lowest BCUT2D eigenvalue weighted by Gasteiger charge is -2.35. The Hall–Kier alpha value is -4.01. The van der Waals surface area contributed by atoms with E-state index in [1.54, 1.807) is 17.6 Å². The number of carbonyl (C=O) groups is 3. The van der Waals surface area contributed by atoms with Crippen LogP contribution in [-0.2, 0) is 54.0 Å². The number of hydrogen-bond donors (Lipinski definition) is 0. The number of cyclic esters (lactones) is 1. The number of esters is 3. The molecule has 0 bridgehead atoms. The van der Waals surface area contributed by atoms with Crippen LogP contribution in [0.5, 0.6) is 0 Å². The molecule has 2 aliphatic rings. The van der Waals surface area contributed by atoms with Crippen molar-refractivity contribution in [2.45, 2.75) is 52.6 Å². The lowest BCUT2D eigenvalue weighted by atomic mass is 9.85. The third kappa shape index (κ3) is 3.11. The van der Waals surface area contributed by atoms with Crippen LogP contribution in [0, 0.1) is 0 Å². The molecule has 4 heterocycles. The van der Waals surface area contributed by atoms with Gasteiger partial charge in [0.05, 0.1) is 29.0 Å². The van der Waals surface area contributed by atoms with E-state index in [0.717, 1.165) is 16.5 Å². The minimum absolute atomic E-state index is 0.0388. The van der Waals surface area contributed by atoms with Gasteiger partial charge in [-0.2, -0.15) is 0 Å². The van der Waals surface area contributed by atoms with Crippen LogP contribution in [0.1, 0.15) is 49.4 Å². The summed E-state index contributed by atoms with van der Waals surface area (Å²) in [6, 6.07) is 9.17. The Morgan fingerprint density at radius 1 is 1.15 bits per heavy atom. The summed E-state index contributed by atoms with van der Waals surface area (Å²) in [6.07, 6.45) is 0.108. The molecule has 9 heteroatoms. The van der Waals surface area contributed by atoms with Gasteiger partial charge in [-0.25, -0.2) is 9.78 Å². The first-order chi connectivity index (χ1) is 16.3. The Morgan fingerprint density at radius 2 is 1.91 bits per heavy atom. The average Bonchev–Trinajstić information content (AvgIpc) is 3.17. The quantitative estimate of drug-likeness (QED) is 0.336. The monoisotopic (exact) mass is 462 g/mol. The molecule has 1 aromatic carbocycles. The molecule has 0 amide bonds. The van der Waals surface area contributed by atoms with Crippen LogP contribution in [0.2, 0.25) is 0 Å². The maximum atomic E-state index is 13.6. The molecule has 0 aliphatic carbocycles.